The maximum atomic E-state index is 13.7. The first-order valence-electron chi connectivity index (χ1n) is 14.5. The van der Waals surface area contributed by atoms with E-state index in [9.17, 15) is 14.3 Å². The third-order valence-corrected chi connectivity index (χ3v) is 10.3. The predicted octanol–water partition coefficient (Wildman–Crippen LogP) is 7.88. The molecule has 1 aliphatic rings. The van der Waals surface area contributed by atoms with E-state index in [1.54, 1.807) is 17.2 Å². The Morgan fingerprint density at radius 2 is 1.79 bits per heavy atom. The number of fused-ring (bicyclic) bond motifs is 1. The zero-order valence-electron chi connectivity index (χ0n) is 24.4. The van der Waals surface area contributed by atoms with Crippen LogP contribution in [0.15, 0.2) is 83.8 Å². The summed E-state index contributed by atoms with van der Waals surface area (Å²) in [4.78, 5) is 19.0. The molecule has 0 aliphatic carbocycles. The quantitative estimate of drug-likeness (QED) is 0.188. The zero-order valence-corrected chi connectivity index (χ0v) is 26.8. The lowest BCUT2D eigenvalue weighted by Crippen LogP contribution is -2.36. The number of halogens is 2. The number of hydrogen-bond donors (Lipinski definition) is 0. The van der Waals surface area contributed by atoms with Crippen LogP contribution < -0.4 is 0 Å². The molecule has 5 nitrogen and oxygen atoms in total. The van der Waals surface area contributed by atoms with E-state index in [0.717, 1.165) is 60.1 Å². The summed E-state index contributed by atoms with van der Waals surface area (Å²) in [5, 5.41) is 12.0. The van der Waals surface area contributed by atoms with Gasteiger partial charge in [-0.1, -0.05) is 65.7 Å². The molecule has 1 fully saturated rings. The highest BCUT2D eigenvalue weighted by Gasteiger charge is 2.26. The molecule has 5 rings (SSSR count). The molecule has 1 amide bonds. The molecule has 4 aromatic rings. The van der Waals surface area contributed by atoms with Crippen molar-refractivity contribution >= 4 is 50.7 Å². The molecule has 0 saturated carbocycles. The summed E-state index contributed by atoms with van der Waals surface area (Å²) in [6.45, 7) is 3.36. The van der Waals surface area contributed by atoms with Crippen molar-refractivity contribution in [3.05, 3.63) is 111 Å². The Kier molecular flexibility index (Phi) is 10.2. The van der Waals surface area contributed by atoms with Gasteiger partial charge >= 0.3 is 0 Å². The molecule has 222 valence electrons. The van der Waals surface area contributed by atoms with Crippen molar-refractivity contribution in [1.82, 2.24) is 9.80 Å². The monoisotopic (exact) mass is 631 g/mol. The van der Waals surface area contributed by atoms with Crippen LogP contribution >= 0.6 is 23.2 Å². The molecular weight excluding hydrogens is 597 g/mol. The largest absolute Gasteiger partial charge is 0.341 e. The van der Waals surface area contributed by atoms with E-state index in [4.69, 9.17) is 23.2 Å². The predicted molar refractivity (Wildman–Crippen MR) is 177 cm³/mol. The number of nitrogens with zero attached hydrogens (tertiary/aromatic N) is 3. The third-order valence-electron chi connectivity index (χ3n) is 8.55. The number of nitriles is 1. The van der Waals surface area contributed by atoms with Crippen molar-refractivity contribution in [2.75, 3.05) is 39.5 Å². The summed E-state index contributed by atoms with van der Waals surface area (Å²) >= 11 is 12.7. The van der Waals surface area contributed by atoms with Gasteiger partial charge in [0.15, 0.2) is 0 Å². The number of likely N-dealkylation sites (tertiary alicyclic amines) is 1. The highest BCUT2D eigenvalue weighted by molar-refractivity contribution is 7.84. The van der Waals surface area contributed by atoms with Gasteiger partial charge < -0.3 is 9.80 Å². The summed E-state index contributed by atoms with van der Waals surface area (Å²) in [5.41, 5.74) is 3.46. The van der Waals surface area contributed by atoms with Crippen LogP contribution in [0.25, 0.3) is 10.8 Å². The number of piperidine rings is 1. The molecule has 4 aromatic carbocycles. The van der Waals surface area contributed by atoms with Crippen LogP contribution in [0.3, 0.4) is 0 Å². The van der Waals surface area contributed by atoms with E-state index in [0.29, 0.717) is 33.6 Å². The molecule has 1 aliphatic heterocycles. The fourth-order valence-electron chi connectivity index (χ4n) is 6.17. The Labute approximate surface area is 266 Å². The van der Waals surface area contributed by atoms with Crippen LogP contribution in [0.5, 0.6) is 0 Å². The van der Waals surface area contributed by atoms with E-state index in [2.05, 4.69) is 17.0 Å². The topological polar surface area (TPSA) is 64.4 Å². The van der Waals surface area contributed by atoms with Crippen molar-refractivity contribution < 1.29 is 9.00 Å². The van der Waals surface area contributed by atoms with Crippen LogP contribution in [0.4, 0.5) is 0 Å². The van der Waals surface area contributed by atoms with Gasteiger partial charge in [0.25, 0.3) is 5.91 Å². The molecule has 0 N–H and O–H groups in total. The van der Waals surface area contributed by atoms with Crippen LogP contribution in [-0.2, 0) is 10.8 Å². The fourth-order valence-corrected chi connectivity index (χ4v) is 7.32. The number of carbonyl (C=O) groups is 1. The Morgan fingerprint density at radius 3 is 2.51 bits per heavy atom. The molecule has 8 heteroatoms. The second kappa shape index (κ2) is 14.1. The smallest absolute Gasteiger partial charge is 0.254 e. The van der Waals surface area contributed by atoms with Gasteiger partial charge in [0.05, 0.1) is 32.5 Å². The second-order valence-corrected chi connectivity index (χ2v) is 13.5. The van der Waals surface area contributed by atoms with E-state index in [-0.39, 0.29) is 11.8 Å². The molecule has 0 radical (unpaired) electrons. The van der Waals surface area contributed by atoms with Gasteiger partial charge in [-0.05, 0) is 103 Å². The van der Waals surface area contributed by atoms with Crippen LogP contribution in [-0.4, -0.2) is 59.4 Å². The highest BCUT2D eigenvalue weighted by atomic mass is 35.5. The first-order chi connectivity index (χ1) is 20.7. The van der Waals surface area contributed by atoms with Crippen LogP contribution in [0.2, 0.25) is 10.0 Å². The number of hydrogen-bond acceptors (Lipinski definition) is 4. The number of rotatable bonds is 9. The fraction of sp³-hybridized carbons (Fsp3) is 0.314. The van der Waals surface area contributed by atoms with E-state index >= 15 is 0 Å². The molecule has 1 heterocycles. The number of amides is 1. The Bertz CT molecular complexity index is 1690. The average Bonchev–Trinajstić information content (AvgIpc) is 3.03. The summed E-state index contributed by atoms with van der Waals surface area (Å²) in [5.74, 6) is 0.411. The maximum Gasteiger partial charge on any atom is 0.254 e. The Balaban J connectivity index is 1.29. The summed E-state index contributed by atoms with van der Waals surface area (Å²) in [6.07, 6.45) is 4.66. The van der Waals surface area contributed by atoms with Crippen molar-refractivity contribution in [3.63, 3.8) is 0 Å². The van der Waals surface area contributed by atoms with Gasteiger partial charge in [-0.25, -0.2) is 0 Å². The zero-order chi connectivity index (χ0) is 30.5. The lowest BCUT2D eigenvalue weighted by atomic mass is 9.88. The maximum absolute atomic E-state index is 13.7. The molecule has 2 atom stereocenters. The molecular formula is C35H35Cl2N3O2S. The minimum Gasteiger partial charge on any atom is -0.341 e. The summed E-state index contributed by atoms with van der Waals surface area (Å²) in [7, 11) is 0.846. The Hall–Kier alpha value is -3.21. The van der Waals surface area contributed by atoms with Gasteiger partial charge in [-0.3, -0.25) is 9.00 Å². The first-order valence-corrected chi connectivity index (χ1v) is 16.8. The van der Waals surface area contributed by atoms with Crippen molar-refractivity contribution in [3.8, 4) is 6.07 Å². The van der Waals surface area contributed by atoms with E-state index < -0.39 is 10.8 Å². The number of likely N-dealkylation sites (N-methyl/N-ethyl adjacent to an activating group) is 1. The average molecular weight is 633 g/mol. The molecule has 43 heavy (non-hydrogen) atoms. The van der Waals surface area contributed by atoms with Gasteiger partial charge in [0, 0.05) is 36.2 Å². The molecule has 1 saturated heterocycles. The second-order valence-electron chi connectivity index (χ2n) is 11.3. The minimum absolute atomic E-state index is 0.0600. The molecule has 0 bridgehead atoms. The number of carbonyl (C=O) groups excluding carboxylic acids is 1. The third kappa shape index (κ3) is 7.30. The van der Waals surface area contributed by atoms with Crippen molar-refractivity contribution in [2.24, 2.45) is 0 Å². The van der Waals surface area contributed by atoms with Gasteiger partial charge in [0.2, 0.25) is 0 Å². The minimum atomic E-state index is -0.998. The number of benzene rings is 4. The van der Waals surface area contributed by atoms with Crippen LogP contribution in [0, 0.1) is 11.3 Å². The van der Waals surface area contributed by atoms with Gasteiger partial charge in [-0.15, -0.1) is 0 Å². The molecule has 0 spiro atoms. The highest BCUT2D eigenvalue weighted by Crippen LogP contribution is 2.33. The van der Waals surface area contributed by atoms with Gasteiger partial charge in [0.1, 0.15) is 0 Å². The Morgan fingerprint density at radius 1 is 1.02 bits per heavy atom. The standard InChI is InChI=1S/C35H35Cl2N3O2S/c1-39(35(41)31-8-5-6-27-20-24(22-38)10-12-29(27)31)23-28(26-11-13-32(36)33(37)21-26)16-19-40-17-14-25(15-18-40)30-7-3-4-9-34(30)43(2)42/h3-13,20-21,25,28H,14-19,23H2,1-2H3/t28?,43-/m0/s1. The summed E-state index contributed by atoms with van der Waals surface area (Å²) < 4.78 is 12.3. The summed E-state index contributed by atoms with van der Waals surface area (Å²) in [6, 6.07) is 27.1. The van der Waals surface area contributed by atoms with E-state index in [1.807, 2.05) is 73.8 Å². The molecule has 1 unspecified atom stereocenters. The lowest BCUT2D eigenvalue weighted by molar-refractivity contribution is 0.0783. The van der Waals surface area contributed by atoms with Crippen molar-refractivity contribution in [2.45, 2.75) is 36.0 Å². The normalized spacial score (nSPS) is 15.6. The van der Waals surface area contributed by atoms with Gasteiger partial charge in [-0.2, -0.15) is 5.26 Å². The SMILES string of the molecule is CN(CC(CCN1CCC(c2ccccc2[S@](C)=O)CC1)c1ccc(Cl)c(Cl)c1)C(=O)c1cccc2cc(C#N)ccc12. The van der Waals surface area contributed by atoms with E-state index in [1.165, 1.54) is 5.56 Å². The first kappa shape index (κ1) is 31.2. The lowest BCUT2D eigenvalue weighted by Gasteiger charge is -2.34. The molecule has 0 aromatic heterocycles. The van der Waals surface area contributed by atoms with Crippen LogP contribution in [0.1, 0.15) is 58.1 Å². The van der Waals surface area contributed by atoms with Crippen molar-refractivity contribution in [1.29, 1.82) is 5.26 Å².